The zero-order chi connectivity index (χ0) is 11.6. The van der Waals surface area contributed by atoms with Crippen molar-refractivity contribution in [3.63, 3.8) is 0 Å². The van der Waals surface area contributed by atoms with Crippen LogP contribution in [0.3, 0.4) is 0 Å². The summed E-state index contributed by atoms with van der Waals surface area (Å²) in [4.78, 5) is 1.29. The van der Waals surface area contributed by atoms with Crippen LogP contribution in [0.2, 0.25) is 5.02 Å². The van der Waals surface area contributed by atoms with Crippen LogP contribution in [0.25, 0.3) is 0 Å². The quantitative estimate of drug-likeness (QED) is 0.840. The fourth-order valence-corrected chi connectivity index (χ4v) is 3.61. The van der Waals surface area contributed by atoms with Crippen LogP contribution in [0.1, 0.15) is 38.6 Å². The molecular weight excluding hydrogens is 294 g/mol. The van der Waals surface area contributed by atoms with Crippen molar-refractivity contribution in [1.29, 1.82) is 0 Å². The Morgan fingerprint density at radius 1 is 1.53 bits per heavy atom. The first kappa shape index (κ1) is 13.5. The lowest BCUT2D eigenvalue weighted by molar-refractivity contribution is 0.281. The maximum absolute atomic E-state index is 6.06. The van der Waals surface area contributed by atoms with Crippen LogP contribution in [0, 0.1) is 5.41 Å². The summed E-state index contributed by atoms with van der Waals surface area (Å²) in [6.07, 6.45) is 0. The molecule has 0 aliphatic rings. The largest absolute Gasteiger partial charge is 0.309 e. The van der Waals surface area contributed by atoms with Crippen LogP contribution in [0.5, 0.6) is 0 Å². The van der Waals surface area contributed by atoms with Gasteiger partial charge in [-0.15, -0.1) is 11.3 Å². The van der Waals surface area contributed by atoms with E-state index in [0.717, 1.165) is 15.4 Å². The van der Waals surface area contributed by atoms with E-state index < -0.39 is 0 Å². The van der Waals surface area contributed by atoms with Gasteiger partial charge in [0.05, 0.1) is 8.81 Å². The van der Waals surface area contributed by atoms with E-state index in [-0.39, 0.29) is 5.41 Å². The van der Waals surface area contributed by atoms with Crippen LogP contribution in [-0.2, 0) is 0 Å². The van der Waals surface area contributed by atoms with Gasteiger partial charge in [0.2, 0.25) is 0 Å². The van der Waals surface area contributed by atoms with Gasteiger partial charge in [-0.25, -0.2) is 0 Å². The zero-order valence-electron chi connectivity index (χ0n) is 9.53. The number of hydrogen-bond donors (Lipinski definition) is 1. The van der Waals surface area contributed by atoms with Crippen LogP contribution in [-0.4, -0.2) is 6.54 Å². The van der Waals surface area contributed by atoms with Gasteiger partial charge in [-0.05, 0) is 34.0 Å². The van der Waals surface area contributed by atoms with Gasteiger partial charge in [-0.2, -0.15) is 0 Å². The molecule has 1 unspecified atom stereocenters. The van der Waals surface area contributed by atoms with Gasteiger partial charge < -0.3 is 5.32 Å². The Balaban J connectivity index is 2.99. The van der Waals surface area contributed by atoms with Crippen molar-refractivity contribution >= 4 is 38.9 Å². The SMILES string of the molecule is CCNC(c1cc(Cl)c(Br)s1)C(C)(C)C. The van der Waals surface area contributed by atoms with E-state index in [9.17, 15) is 0 Å². The summed E-state index contributed by atoms with van der Waals surface area (Å²) in [6.45, 7) is 9.81. The van der Waals surface area contributed by atoms with Crippen LogP contribution < -0.4 is 5.32 Å². The lowest BCUT2D eigenvalue weighted by Gasteiger charge is -2.30. The normalized spacial score (nSPS) is 14.3. The van der Waals surface area contributed by atoms with Gasteiger partial charge in [-0.1, -0.05) is 39.3 Å². The Kier molecular flexibility index (Phi) is 4.65. The number of hydrogen-bond acceptors (Lipinski definition) is 2. The number of halogens is 2. The van der Waals surface area contributed by atoms with Crippen molar-refractivity contribution in [3.8, 4) is 0 Å². The second-order valence-corrected chi connectivity index (χ2v) is 7.44. The van der Waals surface area contributed by atoms with Crippen LogP contribution >= 0.6 is 38.9 Å². The molecule has 0 amide bonds. The fourth-order valence-electron chi connectivity index (χ4n) is 1.54. The van der Waals surface area contributed by atoms with Gasteiger partial charge in [0.25, 0.3) is 0 Å². The Bertz CT molecular complexity index is 310. The molecule has 0 saturated carbocycles. The summed E-state index contributed by atoms with van der Waals surface area (Å²) in [5.74, 6) is 0. The second kappa shape index (κ2) is 5.17. The Labute approximate surface area is 109 Å². The highest BCUT2D eigenvalue weighted by Gasteiger charge is 2.27. The molecule has 0 aromatic carbocycles. The number of thiophene rings is 1. The first-order valence-electron chi connectivity index (χ1n) is 5.04. The third kappa shape index (κ3) is 3.45. The summed E-state index contributed by atoms with van der Waals surface area (Å²) >= 11 is 11.2. The van der Waals surface area contributed by atoms with E-state index in [1.807, 2.05) is 0 Å². The molecule has 0 fully saturated rings. The van der Waals surface area contributed by atoms with Gasteiger partial charge in [0.15, 0.2) is 0 Å². The molecule has 4 heteroatoms. The van der Waals surface area contributed by atoms with E-state index in [0.29, 0.717) is 6.04 Å². The average Bonchev–Trinajstić information content (AvgIpc) is 2.40. The van der Waals surface area contributed by atoms with Crippen molar-refractivity contribution in [2.75, 3.05) is 6.54 Å². The minimum Gasteiger partial charge on any atom is -0.309 e. The highest BCUT2D eigenvalue weighted by molar-refractivity contribution is 9.11. The van der Waals surface area contributed by atoms with Crippen molar-refractivity contribution < 1.29 is 0 Å². The summed E-state index contributed by atoms with van der Waals surface area (Å²) in [5.41, 5.74) is 0.198. The molecule has 1 aromatic heterocycles. The molecule has 0 spiro atoms. The summed E-state index contributed by atoms with van der Waals surface area (Å²) < 4.78 is 1.02. The molecule has 15 heavy (non-hydrogen) atoms. The minimum absolute atomic E-state index is 0.198. The number of rotatable bonds is 3. The molecule has 0 saturated heterocycles. The summed E-state index contributed by atoms with van der Waals surface area (Å²) in [7, 11) is 0. The lowest BCUT2D eigenvalue weighted by Crippen LogP contribution is -2.31. The fraction of sp³-hybridized carbons (Fsp3) is 0.636. The Morgan fingerprint density at radius 2 is 2.13 bits per heavy atom. The molecule has 1 rings (SSSR count). The number of nitrogens with one attached hydrogen (secondary N) is 1. The van der Waals surface area contributed by atoms with Crippen LogP contribution in [0.15, 0.2) is 9.85 Å². The average molecular weight is 311 g/mol. The second-order valence-electron chi connectivity index (χ2n) is 4.63. The van der Waals surface area contributed by atoms with Crippen molar-refractivity contribution in [2.45, 2.75) is 33.7 Å². The zero-order valence-corrected chi connectivity index (χ0v) is 12.7. The molecule has 86 valence electrons. The highest BCUT2D eigenvalue weighted by atomic mass is 79.9. The lowest BCUT2D eigenvalue weighted by atomic mass is 9.86. The summed E-state index contributed by atoms with van der Waals surface area (Å²) in [5, 5.41) is 4.32. The van der Waals surface area contributed by atoms with Gasteiger partial charge in [0.1, 0.15) is 0 Å². The Morgan fingerprint density at radius 3 is 2.47 bits per heavy atom. The molecule has 1 heterocycles. The van der Waals surface area contributed by atoms with Crippen molar-refractivity contribution in [1.82, 2.24) is 5.32 Å². The molecule has 0 radical (unpaired) electrons. The Hall–Kier alpha value is 0.430. The summed E-state index contributed by atoms with van der Waals surface area (Å²) in [6, 6.07) is 2.41. The van der Waals surface area contributed by atoms with E-state index >= 15 is 0 Å². The molecular formula is C11H17BrClNS. The van der Waals surface area contributed by atoms with Gasteiger partial charge in [-0.3, -0.25) is 0 Å². The van der Waals surface area contributed by atoms with Crippen molar-refractivity contribution in [3.05, 3.63) is 19.8 Å². The molecule has 0 bridgehead atoms. The predicted octanol–water partition coefficient (Wildman–Crippen LogP) is 4.86. The van der Waals surface area contributed by atoms with Crippen molar-refractivity contribution in [2.24, 2.45) is 5.41 Å². The third-order valence-corrected chi connectivity index (χ3v) is 4.76. The van der Waals surface area contributed by atoms with E-state index in [1.54, 1.807) is 11.3 Å². The maximum atomic E-state index is 6.06. The molecule has 0 aliphatic carbocycles. The minimum atomic E-state index is 0.198. The van der Waals surface area contributed by atoms with Gasteiger partial charge >= 0.3 is 0 Å². The maximum Gasteiger partial charge on any atom is 0.0888 e. The third-order valence-electron chi connectivity index (χ3n) is 2.22. The highest BCUT2D eigenvalue weighted by Crippen LogP contribution is 2.41. The molecule has 1 N–H and O–H groups in total. The molecule has 1 atom stereocenters. The van der Waals surface area contributed by atoms with E-state index in [1.165, 1.54) is 4.88 Å². The monoisotopic (exact) mass is 309 g/mol. The first-order chi connectivity index (χ1) is 6.86. The topological polar surface area (TPSA) is 12.0 Å². The van der Waals surface area contributed by atoms with Crippen LogP contribution in [0.4, 0.5) is 0 Å². The predicted molar refractivity (Wildman–Crippen MR) is 72.9 cm³/mol. The van der Waals surface area contributed by atoms with E-state index in [2.05, 4.69) is 55.0 Å². The smallest absolute Gasteiger partial charge is 0.0888 e. The first-order valence-corrected chi connectivity index (χ1v) is 7.03. The molecule has 1 nitrogen and oxygen atoms in total. The standard InChI is InChI=1S/C11H17BrClNS/c1-5-14-9(11(2,3)4)8-6-7(13)10(12)15-8/h6,9,14H,5H2,1-4H3. The van der Waals surface area contributed by atoms with E-state index in [4.69, 9.17) is 11.6 Å². The molecule has 1 aromatic rings. The molecule has 0 aliphatic heterocycles. The van der Waals surface area contributed by atoms with Gasteiger partial charge in [0, 0.05) is 10.9 Å².